The molecular formula is C26H23NO5. The molecule has 0 aliphatic rings. The first-order valence-electron chi connectivity index (χ1n) is 10.1. The molecule has 3 rings (SSSR count). The summed E-state index contributed by atoms with van der Waals surface area (Å²) >= 11 is 0. The van der Waals surface area contributed by atoms with Gasteiger partial charge in [-0.25, -0.2) is 0 Å². The molecule has 0 aliphatic carbocycles. The standard InChI is InChI=1S/C26H23NO5/c1-30-26(29)15-22(16-27)20-9-13-24(14-10-20)31-17-19-7-11-23(12-8-19)32-18-25(28)21-5-3-2-4-6-21/h2-14,22H,15,17-18H2,1H3. The fourth-order valence-electron chi connectivity index (χ4n) is 2.99. The Morgan fingerprint density at radius 2 is 1.50 bits per heavy atom. The van der Waals surface area contributed by atoms with Crippen molar-refractivity contribution in [2.75, 3.05) is 13.7 Å². The van der Waals surface area contributed by atoms with Gasteiger partial charge in [-0.05, 0) is 35.4 Å². The lowest BCUT2D eigenvalue weighted by molar-refractivity contribution is -0.140. The van der Waals surface area contributed by atoms with Gasteiger partial charge in [0.25, 0.3) is 0 Å². The van der Waals surface area contributed by atoms with Crippen LogP contribution in [0.4, 0.5) is 0 Å². The van der Waals surface area contributed by atoms with Gasteiger partial charge < -0.3 is 14.2 Å². The van der Waals surface area contributed by atoms with E-state index in [4.69, 9.17) is 9.47 Å². The van der Waals surface area contributed by atoms with Crippen molar-refractivity contribution in [1.29, 1.82) is 5.26 Å². The van der Waals surface area contributed by atoms with Crippen molar-refractivity contribution in [1.82, 2.24) is 0 Å². The number of hydrogen-bond acceptors (Lipinski definition) is 6. The molecule has 1 atom stereocenters. The summed E-state index contributed by atoms with van der Waals surface area (Å²) in [7, 11) is 1.30. The molecule has 3 aromatic rings. The molecule has 0 N–H and O–H groups in total. The fourth-order valence-corrected chi connectivity index (χ4v) is 2.99. The zero-order valence-electron chi connectivity index (χ0n) is 17.7. The molecule has 6 nitrogen and oxygen atoms in total. The maximum absolute atomic E-state index is 12.1. The second-order valence-electron chi connectivity index (χ2n) is 7.04. The predicted molar refractivity (Wildman–Crippen MR) is 118 cm³/mol. The van der Waals surface area contributed by atoms with E-state index in [1.54, 1.807) is 48.5 Å². The summed E-state index contributed by atoms with van der Waals surface area (Å²) < 4.78 is 16.0. The molecule has 162 valence electrons. The van der Waals surface area contributed by atoms with E-state index in [9.17, 15) is 14.9 Å². The average molecular weight is 429 g/mol. The molecule has 0 saturated heterocycles. The fraction of sp³-hybridized carbons (Fsp3) is 0.192. The molecule has 32 heavy (non-hydrogen) atoms. The van der Waals surface area contributed by atoms with E-state index in [0.29, 0.717) is 23.7 Å². The molecule has 0 fully saturated rings. The summed E-state index contributed by atoms with van der Waals surface area (Å²) in [5.41, 5.74) is 2.29. The smallest absolute Gasteiger partial charge is 0.307 e. The van der Waals surface area contributed by atoms with Crippen LogP contribution in [0.3, 0.4) is 0 Å². The van der Waals surface area contributed by atoms with Gasteiger partial charge in [-0.2, -0.15) is 5.26 Å². The first-order valence-corrected chi connectivity index (χ1v) is 10.1. The van der Waals surface area contributed by atoms with Crippen LogP contribution in [0.15, 0.2) is 78.9 Å². The summed E-state index contributed by atoms with van der Waals surface area (Å²) in [5, 5.41) is 9.28. The van der Waals surface area contributed by atoms with E-state index in [1.807, 2.05) is 30.3 Å². The van der Waals surface area contributed by atoms with Crippen molar-refractivity contribution in [3.8, 4) is 17.6 Å². The SMILES string of the molecule is COC(=O)CC(C#N)c1ccc(OCc2ccc(OCC(=O)c3ccccc3)cc2)cc1. The summed E-state index contributed by atoms with van der Waals surface area (Å²) in [5.74, 6) is 0.200. The van der Waals surface area contributed by atoms with Crippen LogP contribution in [-0.2, 0) is 16.1 Å². The van der Waals surface area contributed by atoms with Crippen molar-refractivity contribution in [3.63, 3.8) is 0 Å². The Kier molecular flexibility index (Phi) is 7.99. The van der Waals surface area contributed by atoms with E-state index >= 15 is 0 Å². The number of carbonyl (C=O) groups is 2. The van der Waals surface area contributed by atoms with E-state index in [0.717, 1.165) is 11.1 Å². The minimum atomic E-state index is -0.558. The molecule has 3 aromatic carbocycles. The minimum Gasteiger partial charge on any atom is -0.489 e. The zero-order chi connectivity index (χ0) is 22.8. The molecule has 0 radical (unpaired) electrons. The molecular weight excluding hydrogens is 406 g/mol. The van der Waals surface area contributed by atoms with Gasteiger partial charge in [-0.3, -0.25) is 9.59 Å². The number of nitriles is 1. The molecule has 0 aliphatic heterocycles. The topological polar surface area (TPSA) is 85.6 Å². The van der Waals surface area contributed by atoms with Crippen molar-refractivity contribution >= 4 is 11.8 Å². The van der Waals surface area contributed by atoms with Gasteiger partial charge in [0, 0.05) is 5.56 Å². The maximum atomic E-state index is 12.1. The highest BCUT2D eigenvalue weighted by molar-refractivity contribution is 5.97. The van der Waals surface area contributed by atoms with Gasteiger partial charge in [-0.1, -0.05) is 54.6 Å². The van der Waals surface area contributed by atoms with Gasteiger partial charge >= 0.3 is 5.97 Å². The Balaban J connectivity index is 1.49. The number of carbonyl (C=O) groups excluding carboxylic acids is 2. The van der Waals surface area contributed by atoms with E-state index in [-0.39, 0.29) is 18.8 Å². The highest BCUT2D eigenvalue weighted by Gasteiger charge is 2.16. The number of rotatable bonds is 10. The molecule has 1 unspecified atom stereocenters. The largest absolute Gasteiger partial charge is 0.489 e. The van der Waals surface area contributed by atoms with Crippen LogP contribution in [0.5, 0.6) is 11.5 Å². The van der Waals surface area contributed by atoms with Crippen molar-refractivity contribution in [2.45, 2.75) is 18.9 Å². The first kappa shape index (κ1) is 22.6. The van der Waals surface area contributed by atoms with Crippen LogP contribution in [0.25, 0.3) is 0 Å². The van der Waals surface area contributed by atoms with Crippen LogP contribution in [0, 0.1) is 11.3 Å². The summed E-state index contributed by atoms with van der Waals surface area (Å²) in [6.07, 6.45) is 0.0125. The zero-order valence-corrected chi connectivity index (χ0v) is 17.7. The lowest BCUT2D eigenvalue weighted by Gasteiger charge is -2.11. The molecule has 0 saturated carbocycles. The number of Topliss-reactive ketones (excluding diaryl/α,β-unsaturated/α-hetero) is 1. The predicted octanol–water partition coefficient (Wildman–Crippen LogP) is 4.70. The van der Waals surface area contributed by atoms with Gasteiger partial charge in [0.15, 0.2) is 12.4 Å². The monoisotopic (exact) mass is 429 g/mol. The Bertz CT molecular complexity index is 1070. The van der Waals surface area contributed by atoms with Crippen LogP contribution in [0.2, 0.25) is 0 Å². The Hall–Kier alpha value is -4.11. The lowest BCUT2D eigenvalue weighted by atomic mass is 9.97. The highest BCUT2D eigenvalue weighted by Crippen LogP contribution is 2.23. The average Bonchev–Trinajstić information content (AvgIpc) is 2.86. The molecule has 0 spiro atoms. The number of methoxy groups -OCH3 is 1. The second-order valence-corrected chi connectivity index (χ2v) is 7.04. The third-order valence-corrected chi connectivity index (χ3v) is 4.83. The quantitative estimate of drug-likeness (QED) is 0.343. The summed E-state index contributed by atoms with van der Waals surface area (Å²) in [4.78, 5) is 23.5. The normalized spacial score (nSPS) is 11.1. The van der Waals surface area contributed by atoms with Crippen LogP contribution >= 0.6 is 0 Å². The Morgan fingerprint density at radius 1 is 0.875 bits per heavy atom. The minimum absolute atomic E-state index is 0.0125. The van der Waals surface area contributed by atoms with Crippen LogP contribution in [-0.4, -0.2) is 25.5 Å². The molecule has 6 heteroatoms. The number of benzene rings is 3. The van der Waals surface area contributed by atoms with Gasteiger partial charge in [0.05, 0.1) is 25.5 Å². The third kappa shape index (κ3) is 6.44. The number of ether oxygens (including phenoxy) is 3. The number of nitrogens with zero attached hydrogens (tertiary/aromatic N) is 1. The highest BCUT2D eigenvalue weighted by atomic mass is 16.5. The second kappa shape index (κ2) is 11.3. The lowest BCUT2D eigenvalue weighted by Crippen LogP contribution is -2.11. The van der Waals surface area contributed by atoms with Gasteiger partial charge in [0.2, 0.25) is 0 Å². The summed E-state index contributed by atoms with van der Waals surface area (Å²) in [6.45, 7) is 0.332. The first-order chi connectivity index (χ1) is 15.6. The molecule has 0 heterocycles. The molecule has 0 aromatic heterocycles. The summed E-state index contributed by atoms with van der Waals surface area (Å²) in [6, 6.07) is 25.6. The van der Waals surface area contributed by atoms with Crippen molar-refractivity contribution < 1.29 is 23.8 Å². The van der Waals surface area contributed by atoms with Crippen LogP contribution < -0.4 is 9.47 Å². The molecule has 0 bridgehead atoms. The van der Waals surface area contributed by atoms with Crippen molar-refractivity contribution in [3.05, 3.63) is 95.6 Å². The van der Waals surface area contributed by atoms with Gasteiger partial charge in [0.1, 0.15) is 18.1 Å². The Labute approximate surface area is 187 Å². The maximum Gasteiger partial charge on any atom is 0.307 e. The number of esters is 1. The number of hydrogen-bond donors (Lipinski definition) is 0. The Morgan fingerprint density at radius 3 is 2.12 bits per heavy atom. The van der Waals surface area contributed by atoms with E-state index in [1.165, 1.54) is 7.11 Å². The molecule has 0 amide bonds. The number of ketones is 1. The third-order valence-electron chi connectivity index (χ3n) is 4.83. The van der Waals surface area contributed by atoms with Gasteiger partial charge in [-0.15, -0.1) is 0 Å². The van der Waals surface area contributed by atoms with E-state index < -0.39 is 11.9 Å². The van der Waals surface area contributed by atoms with Crippen LogP contribution in [0.1, 0.15) is 33.8 Å². The van der Waals surface area contributed by atoms with Crippen molar-refractivity contribution in [2.24, 2.45) is 0 Å². The van der Waals surface area contributed by atoms with E-state index in [2.05, 4.69) is 10.8 Å².